The number of benzene rings is 2. The average Bonchev–Trinajstić information content (AvgIpc) is 2.70. The second-order valence-corrected chi connectivity index (χ2v) is 6.61. The smallest absolute Gasteiger partial charge is 0.338 e. The predicted molar refractivity (Wildman–Crippen MR) is 102 cm³/mol. The van der Waals surface area contributed by atoms with Crippen LogP contribution in [0, 0.1) is 0 Å². The lowest BCUT2D eigenvalue weighted by Gasteiger charge is -2.21. The fourth-order valence-electron chi connectivity index (χ4n) is 3.33. The molecule has 0 amide bonds. The van der Waals surface area contributed by atoms with E-state index in [-0.39, 0.29) is 12.1 Å². The number of aromatic nitrogens is 2. The highest BCUT2D eigenvalue weighted by molar-refractivity contribution is 5.92. The third kappa shape index (κ3) is 3.67. The van der Waals surface area contributed by atoms with Gasteiger partial charge in [0.1, 0.15) is 18.2 Å². The number of carbonyl (C=O) groups excluding carboxylic acids is 1. The fourth-order valence-corrected chi connectivity index (χ4v) is 3.33. The van der Waals surface area contributed by atoms with Crippen LogP contribution in [-0.4, -0.2) is 22.0 Å². The Morgan fingerprint density at radius 2 is 1.73 bits per heavy atom. The van der Waals surface area contributed by atoms with Crippen LogP contribution >= 0.6 is 0 Å². The fraction of sp³-hybridized carbons (Fsp3) is 0.286. The van der Waals surface area contributed by atoms with Crippen molar-refractivity contribution in [2.24, 2.45) is 0 Å². The summed E-state index contributed by atoms with van der Waals surface area (Å²) < 4.78 is 5.61. The third-order valence-electron chi connectivity index (χ3n) is 4.75. The van der Waals surface area contributed by atoms with Crippen LogP contribution in [0.5, 0.6) is 0 Å². The minimum absolute atomic E-state index is 0.0708. The van der Waals surface area contributed by atoms with Gasteiger partial charge in [-0.3, -0.25) is 0 Å². The van der Waals surface area contributed by atoms with Gasteiger partial charge in [0.15, 0.2) is 0 Å². The van der Waals surface area contributed by atoms with Crippen molar-refractivity contribution in [3.63, 3.8) is 0 Å². The summed E-state index contributed by atoms with van der Waals surface area (Å²) in [5, 5.41) is 4.25. The van der Waals surface area contributed by atoms with Crippen molar-refractivity contribution in [1.82, 2.24) is 9.97 Å². The molecule has 1 N–H and O–H groups in total. The summed E-state index contributed by atoms with van der Waals surface area (Å²) in [5.74, 6) is 0.504. The molecule has 0 aliphatic heterocycles. The van der Waals surface area contributed by atoms with E-state index in [2.05, 4.69) is 15.3 Å². The number of nitrogens with zero attached hydrogens (tertiary/aromatic N) is 2. The normalized spacial score (nSPS) is 14.9. The van der Waals surface area contributed by atoms with Crippen LogP contribution in [0.25, 0.3) is 10.9 Å². The standard InChI is InChI=1S/C21H21N3O2/c25-21(26-17-6-2-1-3-7-17)15-10-12-16(13-11-15)24-20-18-8-4-5-9-19(18)22-14-23-20/h4-5,8-14,17H,1-3,6-7H2,(H,22,23,24). The van der Waals surface area contributed by atoms with Gasteiger partial charge < -0.3 is 10.1 Å². The van der Waals surface area contributed by atoms with Gasteiger partial charge in [-0.25, -0.2) is 14.8 Å². The Balaban J connectivity index is 1.46. The highest BCUT2D eigenvalue weighted by Crippen LogP contribution is 2.24. The van der Waals surface area contributed by atoms with Crippen LogP contribution in [0.2, 0.25) is 0 Å². The molecule has 0 saturated heterocycles. The number of rotatable bonds is 4. The number of esters is 1. The molecule has 26 heavy (non-hydrogen) atoms. The Morgan fingerprint density at radius 1 is 0.962 bits per heavy atom. The first-order valence-corrected chi connectivity index (χ1v) is 9.07. The monoisotopic (exact) mass is 347 g/mol. The first-order chi connectivity index (χ1) is 12.8. The molecule has 0 radical (unpaired) electrons. The van der Waals surface area contributed by atoms with Gasteiger partial charge >= 0.3 is 5.97 Å². The summed E-state index contributed by atoms with van der Waals surface area (Å²) in [5.41, 5.74) is 2.33. The lowest BCUT2D eigenvalue weighted by atomic mass is 9.98. The molecule has 132 valence electrons. The van der Waals surface area contributed by atoms with Gasteiger partial charge in [-0.1, -0.05) is 18.6 Å². The predicted octanol–water partition coefficient (Wildman–Crippen LogP) is 4.86. The molecule has 1 aliphatic carbocycles. The topological polar surface area (TPSA) is 64.1 Å². The highest BCUT2D eigenvalue weighted by Gasteiger charge is 2.18. The summed E-state index contributed by atoms with van der Waals surface area (Å²) in [6, 6.07) is 15.2. The Morgan fingerprint density at radius 3 is 2.54 bits per heavy atom. The number of para-hydroxylation sites is 1. The highest BCUT2D eigenvalue weighted by atomic mass is 16.5. The van der Waals surface area contributed by atoms with Gasteiger partial charge in [0.25, 0.3) is 0 Å². The lowest BCUT2D eigenvalue weighted by Crippen LogP contribution is -2.20. The van der Waals surface area contributed by atoms with Crippen LogP contribution < -0.4 is 5.32 Å². The maximum atomic E-state index is 12.3. The second kappa shape index (κ2) is 7.52. The Labute approximate surface area is 152 Å². The van der Waals surface area contributed by atoms with Crippen LogP contribution in [0.1, 0.15) is 42.5 Å². The Hall–Kier alpha value is -2.95. The quantitative estimate of drug-likeness (QED) is 0.683. The number of hydrogen-bond donors (Lipinski definition) is 1. The maximum Gasteiger partial charge on any atom is 0.338 e. The molecule has 4 rings (SSSR count). The van der Waals surface area contributed by atoms with E-state index < -0.39 is 0 Å². The van der Waals surface area contributed by atoms with Crippen LogP contribution in [0.15, 0.2) is 54.9 Å². The minimum Gasteiger partial charge on any atom is -0.459 e. The van der Waals surface area contributed by atoms with Crippen LogP contribution in [0.3, 0.4) is 0 Å². The van der Waals surface area contributed by atoms with E-state index in [1.807, 2.05) is 36.4 Å². The lowest BCUT2D eigenvalue weighted by molar-refractivity contribution is 0.0211. The van der Waals surface area contributed by atoms with E-state index in [0.717, 1.165) is 48.1 Å². The van der Waals surface area contributed by atoms with E-state index in [1.54, 1.807) is 18.5 Å². The van der Waals surface area contributed by atoms with Crippen LogP contribution in [-0.2, 0) is 4.74 Å². The summed E-state index contributed by atoms with van der Waals surface area (Å²) in [6.45, 7) is 0. The number of fused-ring (bicyclic) bond motifs is 1. The molecule has 0 bridgehead atoms. The number of anilines is 2. The zero-order valence-electron chi connectivity index (χ0n) is 14.5. The molecule has 1 saturated carbocycles. The molecule has 1 aliphatic rings. The molecule has 0 spiro atoms. The Kier molecular flexibility index (Phi) is 4.78. The van der Waals surface area contributed by atoms with Crippen molar-refractivity contribution in [2.45, 2.75) is 38.2 Å². The zero-order chi connectivity index (χ0) is 17.8. The first-order valence-electron chi connectivity index (χ1n) is 9.07. The SMILES string of the molecule is O=C(OC1CCCCC1)c1ccc(Nc2ncnc3ccccc23)cc1. The molecule has 1 heterocycles. The molecule has 1 fully saturated rings. The van der Waals surface area contributed by atoms with E-state index >= 15 is 0 Å². The number of ether oxygens (including phenoxy) is 1. The third-order valence-corrected chi connectivity index (χ3v) is 4.75. The van der Waals surface area contributed by atoms with Gasteiger partial charge in [-0.15, -0.1) is 0 Å². The van der Waals surface area contributed by atoms with Crippen molar-refractivity contribution < 1.29 is 9.53 Å². The van der Waals surface area contributed by atoms with Crippen molar-refractivity contribution in [2.75, 3.05) is 5.32 Å². The van der Waals surface area contributed by atoms with Gasteiger partial charge in [-0.2, -0.15) is 0 Å². The van der Waals surface area contributed by atoms with Gasteiger partial charge in [0.2, 0.25) is 0 Å². The number of hydrogen-bond acceptors (Lipinski definition) is 5. The largest absolute Gasteiger partial charge is 0.459 e. The van der Waals surface area contributed by atoms with E-state index in [9.17, 15) is 4.79 Å². The second-order valence-electron chi connectivity index (χ2n) is 6.61. The molecule has 2 aromatic carbocycles. The van der Waals surface area contributed by atoms with E-state index in [1.165, 1.54) is 6.42 Å². The molecule has 5 nitrogen and oxygen atoms in total. The van der Waals surface area contributed by atoms with Gasteiger partial charge in [0.05, 0.1) is 11.1 Å². The number of carbonyl (C=O) groups is 1. The van der Waals surface area contributed by atoms with Crippen molar-refractivity contribution in [3.05, 3.63) is 60.4 Å². The molecule has 5 heteroatoms. The molecule has 0 unspecified atom stereocenters. The van der Waals surface area contributed by atoms with E-state index in [0.29, 0.717) is 5.56 Å². The summed E-state index contributed by atoms with van der Waals surface area (Å²) in [6.07, 6.45) is 7.10. The average molecular weight is 347 g/mol. The summed E-state index contributed by atoms with van der Waals surface area (Å²) in [4.78, 5) is 20.9. The molecular formula is C21H21N3O2. The Bertz CT molecular complexity index is 897. The minimum atomic E-state index is -0.240. The first kappa shape index (κ1) is 16.5. The molecular weight excluding hydrogens is 326 g/mol. The molecule has 1 aromatic heterocycles. The van der Waals surface area contributed by atoms with Crippen molar-refractivity contribution in [1.29, 1.82) is 0 Å². The van der Waals surface area contributed by atoms with Gasteiger partial charge in [-0.05, 0) is 62.1 Å². The van der Waals surface area contributed by atoms with Crippen LogP contribution in [0.4, 0.5) is 11.5 Å². The van der Waals surface area contributed by atoms with Crippen molar-refractivity contribution >= 4 is 28.4 Å². The maximum absolute atomic E-state index is 12.3. The number of nitrogens with one attached hydrogen (secondary N) is 1. The van der Waals surface area contributed by atoms with Gasteiger partial charge in [0, 0.05) is 11.1 Å². The summed E-state index contributed by atoms with van der Waals surface area (Å²) in [7, 11) is 0. The summed E-state index contributed by atoms with van der Waals surface area (Å²) >= 11 is 0. The van der Waals surface area contributed by atoms with E-state index in [4.69, 9.17) is 4.74 Å². The zero-order valence-corrected chi connectivity index (χ0v) is 14.5. The molecule has 3 aromatic rings. The van der Waals surface area contributed by atoms with Crippen molar-refractivity contribution in [3.8, 4) is 0 Å². The molecule has 0 atom stereocenters.